The van der Waals surface area contributed by atoms with Gasteiger partial charge in [0.25, 0.3) is 0 Å². The zero-order valence-electron chi connectivity index (χ0n) is 36.6. The summed E-state index contributed by atoms with van der Waals surface area (Å²) in [5.41, 5.74) is 1.83. The van der Waals surface area contributed by atoms with Crippen LogP contribution in [-0.4, -0.2) is 83.7 Å². The van der Waals surface area contributed by atoms with E-state index in [-0.39, 0.29) is 57.2 Å². The lowest BCUT2D eigenvalue weighted by molar-refractivity contribution is -0.221. The van der Waals surface area contributed by atoms with Gasteiger partial charge in [-0.3, -0.25) is 19.3 Å². The number of ketones is 1. The van der Waals surface area contributed by atoms with Gasteiger partial charge in [0.05, 0.1) is 17.9 Å². The number of fused-ring (bicyclic) bond motifs is 6. The highest BCUT2D eigenvalue weighted by Crippen LogP contribution is 2.87. The van der Waals surface area contributed by atoms with Gasteiger partial charge in [-0.15, -0.1) is 0 Å². The van der Waals surface area contributed by atoms with E-state index in [4.69, 9.17) is 16.3 Å². The molecule has 10 atom stereocenters. The zero-order chi connectivity index (χ0) is 41.7. The number of aliphatic hydroxyl groups excluding tert-OH is 1. The molecule has 2 N–H and O–H groups in total. The lowest BCUT2D eigenvalue weighted by Crippen LogP contribution is -2.65. The highest BCUT2D eigenvalue weighted by Gasteiger charge is 2.82. The number of aliphatic hydroxyl groups is 1. The molecule has 1 spiro atoms. The van der Waals surface area contributed by atoms with Crippen molar-refractivity contribution in [2.24, 2.45) is 55.7 Å². The fourth-order valence-electron chi connectivity index (χ4n) is 14.6. The first kappa shape index (κ1) is 42.8. The van der Waals surface area contributed by atoms with Gasteiger partial charge < -0.3 is 19.8 Å². The molecule has 6 aliphatic carbocycles. The molecule has 7 rings (SSSR count). The van der Waals surface area contributed by atoms with Gasteiger partial charge in [-0.2, -0.15) is 0 Å². The lowest BCUT2D eigenvalue weighted by atomic mass is 9.33. The van der Waals surface area contributed by atoms with Crippen LogP contribution in [0.4, 0.5) is 0 Å². The van der Waals surface area contributed by atoms with E-state index in [2.05, 4.69) is 71.5 Å². The molecule has 0 aromatic heterocycles. The first-order valence-corrected chi connectivity index (χ1v) is 22.4. The topological polar surface area (TPSA) is 107 Å². The summed E-state index contributed by atoms with van der Waals surface area (Å²) in [7, 11) is 4.17. The van der Waals surface area contributed by atoms with Crippen molar-refractivity contribution in [3.8, 4) is 0 Å². The van der Waals surface area contributed by atoms with E-state index in [9.17, 15) is 24.6 Å². The average Bonchev–Trinajstić information content (AvgIpc) is 3.64. The third kappa shape index (κ3) is 6.50. The number of ether oxygens (including phenoxy) is 1. The second-order valence-corrected chi connectivity index (χ2v) is 22.4. The lowest BCUT2D eigenvalue weighted by Gasteiger charge is -2.71. The molecule has 5 saturated carbocycles. The van der Waals surface area contributed by atoms with Crippen LogP contribution in [0.5, 0.6) is 0 Å². The third-order valence-corrected chi connectivity index (χ3v) is 18.3. The number of carboxylic acids is 1. The van der Waals surface area contributed by atoms with E-state index < -0.39 is 28.9 Å². The van der Waals surface area contributed by atoms with Crippen LogP contribution in [0.25, 0.3) is 0 Å². The maximum absolute atomic E-state index is 14.3. The summed E-state index contributed by atoms with van der Waals surface area (Å²) in [6.07, 6.45) is 8.45. The fraction of sp³-hybridized carbons (Fsp3) is 0.771. The molecule has 5 fully saturated rings. The number of carboxylic acid groups (broad SMARTS) is 1. The fourth-order valence-corrected chi connectivity index (χ4v) is 14.8. The Morgan fingerprint density at radius 1 is 0.947 bits per heavy atom. The molecule has 57 heavy (non-hydrogen) atoms. The Morgan fingerprint density at radius 3 is 2.30 bits per heavy atom. The predicted molar refractivity (Wildman–Crippen MR) is 225 cm³/mol. The van der Waals surface area contributed by atoms with Crippen molar-refractivity contribution in [1.82, 2.24) is 9.80 Å². The van der Waals surface area contributed by atoms with E-state index in [0.717, 1.165) is 82.0 Å². The van der Waals surface area contributed by atoms with Crippen LogP contribution in [0, 0.1) is 55.7 Å². The molecule has 316 valence electrons. The number of esters is 1. The quantitative estimate of drug-likeness (QED) is 0.190. The van der Waals surface area contributed by atoms with Crippen molar-refractivity contribution in [3.63, 3.8) is 0 Å². The molecule has 1 aromatic rings. The summed E-state index contributed by atoms with van der Waals surface area (Å²) in [6, 6.07) is 8.01. The van der Waals surface area contributed by atoms with E-state index in [1.54, 1.807) is 13.8 Å². The van der Waals surface area contributed by atoms with Crippen molar-refractivity contribution in [3.05, 3.63) is 46.0 Å². The molecule has 0 saturated heterocycles. The largest absolute Gasteiger partial charge is 0.481 e. The Bertz CT molecular complexity index is 1820. The van der Waals surface area contributed by atoms with Crippen molar-refractivity contribution < 1.29 is 29.3 Å². The number of hydrogen-bond acceptors (Lipinski definition) is 7. The van der Waals surface area contributed by atoms with Gasteiger partial charge in [0.15, 0.2) is 5.78 Å². The summed E-state index contributed by atoms with van der Waals surface area (Å²) < 4.78 is 6.23. The predicted octanol–water partition coefficient (Wildman–Crippen LogP) is 9.21. The number of carbonyl (C=O) groups is 3. The van der Waals surface area contributed by atoms with Crippen LogP contribution >= 0.6 is 11.6 Å². The third-order valence-electron chi connectivity index (χ3n) is 18.1. The minimum absolute atomic E-state index is 0.0216. The Kier molecular flexibility index (Phi) is 10.9. The molecule has 0 bridgehead atoms. The maximum Gasteiger partial charge on any atom is 0.309 e. The highest BCUT2D eigenvalue weighted by atomic mass is 35.5. The average molecular weight is 808 g/mol. The second-order valence-electron chi connectivity index (χ2n) is 21.9. The maximum atomic E-state index is 14.3. The first-order valence-electron chi connectivity index (χ1n) is 22.0. The molecular formula is C48H71ClN2O6. The summed E-state index contributed by atoms with van der Waals surface area (Å²) >= 11 is 6.42. The van der Waals surface area contributed by atoms with Gasteiger partial charge in [0.2, 0.25) is 0 Å². The molecular weight excluding hydrogens is 736 g/mol. The SMILES string of the molecule is CC(C)C1=C2[C@H]3CC[C@@H]4[C@@]5(C)CC[C@H](OC(=O)CC(C)(C)C(=O)O)C6(C)C[C@]65CC[C@@]4(C)[C@]3(C)CCC2(C(O)CN(CCN(C)C)Cc2cccc(Cl)c2)CC1=O. The summed E-state index contributed by atoms with van der Waals surface area (Å²) in [5, 5.41) is 23.1. The molecule has 6 aliphatic rings. The molecule has 8 nitrogen and oxygen atoms in total. The van der Waals surface area contributed by atoms with Gasteiger partial charge in [-0.25, -0.2) is 0 Å². The van der Waals surface area contributed by atoms with Crippen LogP contribution in [0.3, 0.4) is 0 Å². The minimum atomic E-state index is -1.16. The number of benzene rings is 1. The van der Waals surface area contributed by atoms with Crippen molar-refractivity contribution in [1.29, 1.82) is 0 Å². The highest BCUT2D eigenvalue weighted by molar-refractivity contribution is 6.30. The number of halogens is 1. The van der Waals surface area contributed by atoms with E-state index in [1.165, 1.54) is 5.57 Å². The second kappa shape index (κ2) is 14.4. The number of hydrogen-bond donors (Lipinski definition) is 2. The Hall–Kier alpha value is -2.26. The minimum Gasteiger partial charge on any atom is -0.481 e. The monoisotopic (exact) mass is 807 g/mol. The summed E-state index contributed by atoms with van der Waals surface area (Å²) in [6.45, 7) is 20.5. The Morgan fingerprint density at radius 2 is 1.65 bits per heavy atom. The van der Waals surface area contributed by atoms with E-state index in [0.29, 0.717) is 30.5 Å². The molecule has 0 amide bonds. The van der Waals surface area contributed by atoms with Gasteiger partial charge in [-0.05, 0) is 148 Å². The number of Topliss-reactive ketones (excluding diaryl/α,β-unsaturated/α-hetero) is 1. The first-order chi connectivity index (χ1) is 26.5. The molecule has 0 heterocycles. The van der Waals surface area contributed by atoms with Gasteiger partial charge in [0.1, 0.15) is 6.10 Å². The smallest absolute Gasteiger partial charge is 0.309 e. The number of nitrogens with zero attached hydrogens (tertiary/aromatic N) is 2. The Balaban J connectivity index is 1.17. The molecule has 1 aromatic carbocycles. The van der Waals surface area contributed by atoms with Crippen LogP contribution in [0.2, 0.25) is 5.02 Å². The van der Waals surface area contributed by atoms with Gasteiger partial charge in [-0.1, -0.05) is 70.8 Å². The van der Waals surface area contributed by atoms with E-state index in [1.807, 2.05) is 18.2 Å². The molecule has 3 unspecified atom stereocenters. The molecule has 0 aliphatic heterocycles. The van der Waals surface area contributed by atoms with Crippen molar-refractivity contribution in [2.45, 2.75) is 145 Å². The zero-order valence-corrected chi connectivity index (χ0v) is 37.4. The van der Waals surface area contributed by atoms with E-state index >= 15 is 0 Å². The van der Waals surface area contributed by atoms with Crippen molar-refractivity contribution >= 4 is 29.3 Å². The van der Waals surface area contributed by atoms with Gasteiger partial charge >= 0.3 is 11.9 Å². The van der Waals surface area contributed by atoms with Gasteiger partial charge in [0, 0.05) is 48.5 Å². The standard InChI is InChI=1S/C48H71ClN2O6/c1-30(2)39-34(52)25-47(36(53)28-51(23-22-50(9)10)27-31-12-11-13-32(49)24-31)20-18-43(5)33(40(39)47)14-15-35-44(43,6)19-21-48-29-46(48,8)37(16-17-45(35,48)7)57-38(54)26-42(3,4)41(55)56/h11-13,24,30,33,35-37,53H,14-23,25-29H2,1-10H3,(H,55,56)/t33-,35+,36?,37+,43-,44-,45-,46?,47?,48+/m1/s1. The van der Waals surface area contributed by atoms with Crippen LogP contribution in [-0.2, 0) is 25.7 Å². The van der Waals surface area contributed by atoms with Crippen LogP contribution in [0.15, 0.2) is 35.4 Å². The summed E-state index contributed by atoms with van der Waals surface area (Å²) in [4.78, 5) is 43.9. The molecule has 0 radical (unpaired) electrons. The normalized spacial score (nSPS) is 39.0. The van der Waals surface area contributed by atoms with Crippen molar-refractivity contribution in [2.75, 3.05) is 33.7 Å². The van der Waals surface area contributed by atoms with Crippen LogP contribution in [0.1, 0.15) is 132 Å². The van der Waals surface area contributed by atoms with Crippen LogP contribution < -0.4 is 0 Å². The number of likely N-dealkylation sites (N-methyl/N-ethyl adjacent to an activating group) is 1. The molecule has 9 heteroatoms. The summed E-state index contributed by atoms with van der Waals surface area (Å²) in [5.74, 6) is -0.291. The number of aliphatic carboxylic acids is 1. The number of allylic oxidation sites excluding steroid dienone is 1. The number of carbonyl (C=O) groups excluding carboxylic acids is 2. The number of rotatable bonds is 13. The Labute approximate surface area is 347 Å².